The maximum absolute atomic E-state index is 13.4. The third-order valence-corrected chi connectivity index (χ3v) is 6.69. The summed E-state index contributed by atoms with van der Waals surface area (Å²) in [6.45, 7) is 8.44. The minimum atomic E-state index is -0.843. The van der Waals surface area contributed by atoms with Crippen molar-refractivity contribution in [3.8, 4) is 17.9 Å². The first-order valence-corrected chi connectivity index (χ1v) is 14.5. The molecule has 10 nitrogen and oxygen atoms in total. The van der Waals surface area contributed by atoms with Crippen molar-refractivity contribution >= 4 is 17.7 Å². The number of hydrogen-bond donors (Lipinski definition) is 2. The molecule has 2 N–H and O–H groups in total. The number of aromatic nitrogens is 1. The molecule has 0 aliphatic rings. The van der Waals surface area contributed by atoms with E-state index >= 15 is 0 Å². The van der Waals surface area contributed by atoms with Gasteiger partial charge in [-0.1, -0.05) is 18.6 Å². The van der Waals surface area contributed by atoms with Gasteiger partial charge < -0.3 is 24.8 Å². The van der Waals surface area contributed by atoms with Crippen molar-refractivity contribution in [3.63, 3.8) is 0 Å². The van der Waals surface area contributed by atoms with E-state index in [9.17, 15) is 9.59 Å². The average molecular weight is 598 g/mol. The van der Waals surface area contributed by atoms with E-state index in [2.05, 4.69) is 22.4 Å². The number of aliphatic carboxylic acids is 1. The number of benzene rings is 2. The number of carbonyl (C=O) groups excluding carboxylic acids is 1. The van der Waals surface area contributed by atoms with Crippen molar-refractivity contribution in [2.45, 2.75) is 78.7 Å². The van der Waals surface area contributed by atoms with Crippen LogP contribution in [0.25, 0.3) is 0 Å². The molecule has 0 saturated heterocycles. The van der Waals surface area contributed by atoms with Crippen molar-refractivity contribution < 1.29 is 24.2 Å². The van der Waals surface area contributed by atoms with E-state index in [1.807, 2.05) is 52.0 Å². The Morgan fingerprint density at radius 2 is 1.61 bits per heavy atom. The molecule has 3 aromatic rings. The maximum atomic E-state index is 13.4. The van der Waals surface area contributed by atoms with Crippen LogP contribution in [0.3, 0.4) is 0 Å². The molecule has 0 radical (unpaired) electrons. The van der Waals surface area contributed by atoms with Gasteiger partial charge in [-0.15, -0.1) is 0 Å². The fraction of sp³-hybridized carbons (Fsp3) is 0.382. The van der Waals surface area contributed by atoms with Crippen LogP contribution in [0.15, 0.2) is 54.7 Å². The average Bonchev–Trinajstić information content (AvgIpc) is 2.99. The van der Waals surface area contributed by atoms with Gasteiger partial charge >= 0.3 is 12.1 Å². The minimum absolute atomic E-state index is 0.0779. The highest BCUT2D eigenvalue weighted by Gasteiger charge is 2.25. The number of rotatable bonds is 14. The Morgan fingerprint density at radius 1 is 0.977 bits per heavy atom. The normalized spacial score (nSPS) is 10.8. The largest absolute Gasteiger partial charge is 0.487 e. The second-order valence-corrected chi connectivity index (χ2v) is 11.4. The van der Waals surface area contributed by atoms with Crippen LogP contribution < -0.4 is 10.1 Å². The number of hydrogen-bond acceptors (Lipinski definition) is 8. The molecule has 0 fully saturated rings. The lowest BCUT2D eigenvalue weighted by Gasteiger charge is -2.29. The molecular formula is C34H39N5O5. The monoisotopic (exact) mass is 597 g/mol. The molecule has 1 aromatic heterocycles. The molecule has 1 heterocycles. The number of nitrogens with zero attached hydrogens (tertiary/aromatic N) is 4. The molecule has 2 aromatic carbocycles. The summed E-state index contributed by atoms with van der Waals surface area (Å²) in [4.78, 5) is 30.6. The van der Waals surface area contributed by atoms with Gasteiger partial charge in [0.2, 0.25) is 0 Å². The van der Waals surface area contributed by atoms with Crippen LogP contribution in [0.5, 0.6) is 5.75 Å². The van der Waals surface area contributed by atoms with E-state index in [1.165, 1.54) is 0 Å². The molecule has 3 rings (SSSR count). The van der Waals surface area contributed by atoms with E-state index in [4.69, 9.17) is 25.1 Å². The predicted octanol–water partition coefficient (Wildman–Crippen LogP) is 6.71. The van der Waals surface area contributed by atoms with Crippen LogP contribution in [0, 0.1) is 29.6 Å². The van der Waals surface area contributed by atoms with Crippen LogP contribution in [-0.2, 0) is 29.2 Å². The summed E-state index contributed by atoms with van der Waals surface area (Å²) in [5.74, 6) is -0.294. The number of pyridine rings is 1. The summed E-state index contributed by atoms with van der Waals surface area (Å²) >= 11 is 0. The van der Waals surface area contributed by atoms with Crippen molar-refractivity contribution in [2.24, 2.45) is 0 Å². The van der Waals surface area contributed by atoms with Crippen molar-refractivity contribution in [3.05, 3.63) is 88.2 Å². The number of anilines is 1. The van der Waals surface area contributed by atoms with E-state index in [0.717, 1.165) is 22.4 Å². The van der Waals surface area contributed by atoms with Crippen LogP contribution in [0.2, 0.25) is 0 Å². The highest BCUT2D eigenvalue weighted by Crippen LogP contribution is 2.30. The van der Waals surface area contributed by atoms with Gasteiger partial charge in [0.25, 0.3) is 0 Å². The van der Waals surface area contributed by atoms with Crippen LogP contribution in [0.1, 0.15) is 80.0 Å². The fourth-order valence-corrected chi connectivity index (χ4v) is 4.39. The van der Waals surface area contributed by atoms with E-state index < -0.39 is 17.7 Å². The summed E-state index contributed by atoms with van der Waals surface area (Å²) in [5, 5.41) is 30.6. The Balaban J connectivity index is 1.93. The second-order valence-electron chi connectivity index (χ2n) is 11.4. The minimum Gasteiger partial charge on any atom is -0.487 e. The molecule has 0 aliphatic carbocycles. The third-order valence-electron chi connectivity index (χ3n) is 6.69. The lowest BCUT2D eigenvalue weighted by atomic mass is 10.1. The summed E-state index contributed by atoms with van der Waals surface area (Å²) in [6.07, 6.45) is 3.14. The summed E-state index contributed by atoms with van der Waals surface area (Å²) < 4.78 is 12.1. The summed E-state index contributed by atoms with van der Waals surface area (Å²) in [7, 11) is 0. The Hall–Kier alpha value is -5.09. The highest BCUT2D eigenvalue weighted by atomic mass is 16.6. The molecule has 0 atom stereocenters. The van der Waals surface area contributed by atoms with Gasteiger partial charge in [0.1, 0.15) is 18.0 Å². The first kappa shape index (κ1) is 33.4. The molecular weight excluding hydrogens is 558 g/mol. The van der Waals surface area contributed by atoms with Crippen LogP contribution >= 0.6 is 0 Å². The van der Waals surface area contributed by atoms with Crippen LogP contribution in [-0.4, -0.2) is 39.2 Å². The molecule has 0 aliphatic heterocycles. The summed E-state index contributed by atoms with van der Waals surface area (Å²) in [5.41, 5.74) is 4.33. The molecule has 0 saturated carbocycles. The number of nitrogens with one attached hydrogen (secondary N) is 1. The Labute approximate surface area is 258 Å². The number of carboxylic acid groups (broad SMARTS) is 1. The van der Waals surface area contributed by atoms with Gasteiger partial charge in [0, 0.05) is 37.0 Å². The number of unbranched alkanes of at least 4 members (excludes halogenated alkanes) is 2. The van der Waals surface area contributed by atoms with Crippen LogP contribution in [0.4, 0.5) is 10.5 Å². The quantitative estimate of drug-likeness (QED) is 0.193. The topological polar surface area (TPSA) is 149 Å². The first-order chi connectivity index (χ1) is 21.0. The zero-order chi connectivity index (χ0) is 32.1. The number of aryl methyl sites for hydroxylation is 1. The van der Waals surface area contributed by atoms with Gasteiger partial charge in [-0.25, -0.2) is 4.79 Å². The zero-order valence-corrected chi connectivity index (χ0v) is 25.7. The van der Waals surface area contributed by atoms with Gasteiger partial charge in [-0.2, -0.15) is 10.5 Å². The molecule has 230 valence electrons. The number of nitriles is 2. The van der Waals surface area contributed by atoms with Gasteiger partial charge in [0.15, 0.2) is 0 Å². The number of amides is 1. The molecule has 10 heteroatoms. The molecule has 44 heavy (non-hydrogen) atoms. The first-order valence-electron chi connectivity index (χ1n) is 14.5. The van der Waals surface area contributed by atoms with Crippen molar-refractivity contribution in [1.82, 2.24) is 9.88 Å². The highest BCUT2D eigenvalue weighted by molar-refractivity contribution is 5.68. The van der Waals surface area contributed by atoms with E-state index in [1.54, 1.807) is 35.4 Å². The number of ether oxygens (including phenoxy) is 2. The lowest BCUT2D eigenvalue weighted by molar-refractivity contribution is -0.137. The summed E-state index contributed by atoms with van der Waals surface area (Å²) in [6, 6.07) is 18.5. The Morgan fingerprint density at radius 3 is 2.20 bits per heavy atom. The van der Waals surface area contributed by atoms with Crippen molar-refractivity contribution in [1.29, 1.82) is 10.5 Å². The standard InChI is InChI=1S/C34H39N5O5/c1-24-32(43-23-27-11-9-25(18-35)10-12-27)30(28(20-37-24)21-38-29-15-13-26(19-36)14-16-29)22-39(33(42)44-34(2,3)4)17-7-5-6-8-31(40)41/h9-16,20,38H,5-8,17,21-23H2,1-4H3,(H,40,41). The molecule has 0 spiro atoms. The maximum Gasteiger partial charge on any atom is 0.410 e. The van der Waals surface area contributed by atoms with E-state index in [-0.39, 0.29) is 19.6 Å². The van der Waals surface area contributed by atoms with Gasteiger partial charge in [0.05, 0.1) is 35.5 Å². The molecule has 0 bridgehead atoms. The van der Waals surface area contributed by atoms with Gasteiger partial charge in [-0.3, -0.25) is 9.78 Å². The Bertz CT molecular complexity index is 1500. The molecule has 0 unspecified atom stereocenters. The number of carboxylic acids is 1. The predicted molar refractivity (Wildman–Crippen MR) is 166 cm³/mol. The smallest absolute Gasteiger partial charge is 0.410 e. The molecule has 1 amide bonds. The van der Waals surface area contributed by atoms with Crippen molar-refractivity contribution in [2.75, 3.05) is 11.9 Å². The fourth-order valence-electron chi connectivity index (χ4n) is 4.39. The number of carbonyl (C=O) groups is 2. The Kier molecular flexibility index (Phi) is 12.1. The third kappa shape index (κ3) is 10.6. The second kappa shape index (κ2) is 15.9. The SMILES string of the molecule is Cc1ncc(CNc2ccc(C#N)cc2)c(CN(CCCCCC(=O)O)C(=O)OC(C)(C)C)c1OCc1ccc(C#N)cc1. The zero-order valence-electron chi connectivity index (χ0n) is 25.7. The lowest BCUT2D eigenvalue weighted by Crippen LogP contribution is -2.37. The van der Waals surface area contributed by atoms with E-state index in [0.29, 0.717) is 54.9 Å². The van der Waals surface area contributed by atoms with Gasteiger partial charge in [-0.05, 0) is 88.1 Å².